The lowest BCUT2D eigenvalue weighted by Crippen LogP contribution is -2.21. The van der Waals surface area contributed by atoms with Gasteiger partial charge in [0.25, 0.3) is 5.91 Å². The molecular weight excluding hydrogens is 244 g/mol. The van der Waals surface area contributed by atoms with Gasteiger partial charge in [-0.2, -0.15) is 0 Å². The first kappa shape index (κ1) is 12.6. The van der Waals surface area contributed by atoms with Crippen LogP contribution in [-0.4, -0.2) is 17.3 Å². The van der Waals surface area contributed by atoms with Crippen LogP contribution in [0.4, 0.5) is 0 Å². The van der Waals surface area contributed by atoms with Gasteiger partial charge in [-0.3, -0.25) is 10.1 Å². The van der Waals surface area contributed by atoms with Crippen molar-refractivity contribution in [3.05, 3.63) is 53.2 Å². The summed E-state index contributed by atoms with van der Waals surface area (Å²) in [5.74, 6) is -0.139. The maximum Gasteiger partial charge on any atom is 0.275 e. The third-order valence-corrected chi connectivity index (χ3v) is 3.01. The predicted molar refractivity (Wildman–Crippen MR) is 77.3 cm³/mol. The number of nitrogens with one attached hydrogen (secondary N) is 1. The average Bonchev–Trinajstić information content (AvgIpc) is 2.71. The molecule has 1 aromatic carbocycles. The number of nitrogens with zero attached hydrogens (tertiary/aromatic N) is 1. The number of carbonyl (C=O) groups excluding carboxylic acids is 1. The number of hydrogen-bond donors (Lipinski definition) is 1. The molecule has 0 saturated heterocycles. The van der Waals surface area contributed by atoms with Crippen molar-refractivity contribution in [3.63, 3.8) is 0 Å². The van der Waals surface area contributed by atoms with Gasteiger partial charge in [-0.15, -0.1) is 0 Å². The Kier molecular flexibility index (Phi) is 3.99. The zero-order chi connectivity index (χ0) is 13.0. The first-order valence-electron chi connectivity index (χ1n) is 5.58. The lowest BCUT2D eigenvalue weighted by atomic mass is 10.1. The van der Waals surface area contributed by atoms with Gasteiger partial charge in [0.05, 0.1) is 0 Å². The van der Waals surface area contributed by atoms with Gasteiger partial charge in [0.2, 0.25) is 0 Å². The predicted octanol–water partition coefficient (Wildman–Crippen LogP) is 2.82. The van der Waals surface area contributed by atoms with Crippen molar-refractivity contribution in [2.24, 2.45) is 4.99 Å². The highest BCUT2D eigenvalue weighted by atomic mass is 32.2. The number of thioether (sulfide) groups is 1. The molecule has 0 unspecified atom stereocenters. The largest absolute Gasteiger partial charge is 0.300 e. The molecule has 0 fully saturated rings. The monoisotopic (exact) mass is 258 g/mol. The average molecular weight is 258 g/mol. The van der Waals surface area contributed by atoms with Gasteiger partial charge < -0.3 is 0 Å². The van der Waals surface area contributed by atoms with E-state index >= 15 is 0 Å². The van der Waals surface area contributed by atoms with Crippen molar-refractivity contribution in [2.45, 2.75) is 6.92 Å². The number of benzene rings is 1. The van der Waals surface area contributed by atoms with Crippen LogP contribution in [0.25, 0.3) is 6.08 Å². The van der Waals surface area contributed by atoms with E-state index in [9.17, 15) is 4.79 Å². The van der Waals surface area contributed by atoms with Gasteiger partial charge in [0.1, 0.15) is 5.70 Å². The minimum Gasteiger partial charge on any atom is -0.300 e. The molecule has 2 rings (SSSR count). The third kappa shape index (κ3) is 3.11. The van der Waals surface area contributed by atoms with Crippen molar-refractivity contribution in [1.82, 2.24) is 5.32 Å². The number of amides is 1. The highest BCUT2D eigenvalue weighted by Gasteiger charge is 2.18. The molecule has 0 aromatic heterocycles. The van der Waals surface area contributed by atoms with E-state index in [1.165, 1.54) is 11.8 Å². The van der Waals surface area contributed by atoms with Crippen molar-refractivity contribution in [1.29, 1.82) is 0 Å². The fourth-order valence-corrected chi connectivity index (χ4v) is 2.00. The number of amidine groups is 1. The molecule has 1 aliphatic rings. The van der Waals surface area contributed by atoms with Gasteiger partial charge in [-0.25, -0.2) is 4.99 Å². The maximum absolute atomic E-state index is 11.6. The van der Waals surface area contributed by atoms with Crippen molar-refractivity contribution >= 4 is 28.9 Å². The Balaban J connectivity index is 2.21. The zero-order valence-electron chi connectivity index (χ0n) is 10.3. The third-order valence-electron chi connectivity index (χ3n) is 2.43. The molecule has 4 heteroatoms. The summed E-state index contributed by atoms with van der Waals surface area (Å²) >= 11 is 1.43. The summed E-state index contributed by atoms with van der Waals surface area (Å²) in [5.41, 5.74) is 2.57. The van der Waals surface area contributed by atoms with E-state index in [1.807, 2.05) is 49.6 Å². The maximum atomic E-state index is 11.6. The minimum atomic E-state index is -0.139. The molecule has 18 heavy (non-hydrogen) atoms. The fraction of sp³-hybridized carbons (Fsp3) is 0.143. The van der Waals surface area contributed by atoms with Crippen LogP contribution in [0.1, 0.15) is 12.5 Å². The lowest BCUT2D eigenvalue weighted by Gasteiger charge is -1.96. The van der Waals surface area contributed by atoms with Crippen LogP contribution in [0.3, 0.4) is 0 Å². The summed E-state index contributed by atoms with van der Waals surface area (Å²) < 4.78 is 0. The van der Waals surface area contributed by atoms with Crippen LogP contribution >= 0.6 is 11.8 Å². The zero-order valence-corrected chi connectivity index (χ0v) is 11.1. The fourth-order valence-electron chi connectivity index (χ4n) is 1.61. The van der Waals surface area contributed by atoms with Crippen LogP contribution < -0.4 is 5.32 Å². The SMILES string of the molecule is CSC1=N/C(=C\C(C)=C\c2ccccc2)C(=O)N1. The Hall–Kier alpha value is -1.81. The van der Waals surface area contributed by atoms with Crippen LogP contribution in [-0.2, 0) is 4.79 Å². The smallest absolute Gasteiger partial charge is 0.275 e. The number of rotatable bonds is 2. The molecule has 0 radical (unpaired) electrons. The van der Waals surface area contributed by atoms with E-state index in [-0.39, 0.29) is 5.91 Å². The molecule has 0 spiro atoms. The molecular formula is C14H14N2OS. The van der Waals surface area contributed by atoms with Crippen molar-refractivity contribution < 1.29 is 4.79 Å². The molecule has 92 valence electrons. The summed E-state index contributed by atoms with van der Waals surface area (Å²) in [6.07, 6.45) is 5.70. The van der Waals surface area contributed by atoms with E-state index in [2.05, 4.69) is 10.3 Å². The number of allylic oxidation sites excluding steroid dienone is 2. The first-order valence-corrected chi connectivity index (χ1v) is 6.80. The summed E-state index contributed by atoms with van der Waals surface area (Å²) in [6.45, 7) is 1.96. The minimum absolute atomic E-state index is 0.139. The van der Waals surface area contributed by atoms with E-state index in [0.29, 0.717) is 10.9 Å². The Labute approximate surface area is 111 Å². The normalized spacial score (nSPS) is 17.9. The van der Waals surface area contributed by atoms with Crippen LogP contribution in [0, 0.1) is 0 Å². The summed E-state index contributed by atoms with van der Waals surface area (Å²) in [4.78, 5) is 15.8. The number of hydrogen-bond acceptors (Lipinski definition) is 3. The quantitative estimate of drug-likeness (QED) is 0.829. The first-order chi connectivity index (χ1) is 8.69. The molecule has 0 bridgehead atoms. The summed E-state index contributed by atoms with van der Waals surface area (Å²) in [7, 11) is 0. The standard InChI is InChI=1S/C14H14N2OS/c1-10(8-11-6-4-3-5-7-11)9-12-13(17)16-14(15-12)18-2/h3-9H,1-2H3,(H,15,16,17)/b10-8+,12-9-. The van der Waals surface area contributed by atoms with E-state index in [0.717, 1.165) is 11.1 Å². The number of carbonyl (C=O) groups is 1. The van der Waals surface area contributed by atoms with E-state index in [4.69, 9.17) is 0 Å². The van der Waals surface area contributed by atoms with Crippen LogP contribution in [0.5, 0.6) is 0 Å². The highest BCUT2D eigenvalue weighted by molar-refractivity contribution is 8.13. The molecule has 0 aliphatic carbocycles. The second-order valence-corrected chi connectivity index (χ2v) is 4.70. The summed E-state index contributed by atoms with van der Waals surface area (Å²) in [6, 6.07) is 9.99. The topological polar surface area (TPSA) is 41.5 Å². The Bertz CT molecular complexity index is 544. The summed E-state index contributed by atoms with van der Waals surface area (Å²) in [5, 5.41) is 3.35. The second-order valence-electron chi connectivity index (χ2n) is 3.90. The molecule has 3 nitrogen and oxygen atoms in total. The molecule has 0 atom stereocenters. The van der Waals surface area contributed by atoms with E-state index < -0.39 is 0 Å². The lowest BCUT2D eigenvalue weighted by molar-refractivity contribution is -0.115. The Morgan fingerprint density at radius 1 is 1.33 bits per heavy atom. The van der Waals surface area contributed by atoms with Gasteiger partial charge in [-0.1, -0.05) is 48.2 Å². The molecule has 1 aromatic rings. The van der Waals surface area contributed by atoms with Gasteiger partial charge in [0.15, 0.2) is 5.17 Å². The van der Waals surface area contributed by atoms with Gasteiger partial charge in [0, 0.05) is 0 Å². The number of aliphatic imine (C=N–C) groups is 1. The Morgan fingerprint density at radius 3 is 2.67 bits per heavy atom. The molecule has 0 saturated carbocycles. The van der Waals surface area contributed by atoms with E-state index in [1.54, 1.807) is 6.08 Å². The molecule has 1 aliphatic heterocycles. The second kappa shape index (κ2) is 5.69. The van der Waals surface area contributed by atoms with Crippen molar-refractivity contribution in [2.75, 3.05) is 6.26 Å². The Morgan fingerprint density at radius 2 is 2.06 bits per heavy atom. The van der Waals surface area contributed by atoms with Gasteiger partial charge >= 0.3 is 0 Å². The van der Waals surface area contributed by atoms with Crippen LogP contribution in [0.15, 0.2) is 52.7 Å². The van der Waals surface area contributed by atoms with Crippen LogP contribution in [0.2, 0.25) is 0 Å². The van der Waals surface area contributed by atoms with Gasteiger partial charge in [-0.05, 0) is 30.4 Å². The molecule has 1 heterocycles. The molecule has 1 N–H and O–H groups in total. The highest BCUT2D eigenvalue weighted by Crippen LogP contribution is 2.15. The van der Waals surface area contributed by atoms with Crippen molar-refractivity contribution in [3.8, 4) is 0 Å². The molecule has 1 amide bonds.